The third-order valence-corrected chi connectivity index (χ3v) is 5.45. The summed E-state index contributed by atoms with van der Waals surface area (Å²) in [7, 11) is 0. The van der Waals surface area contributed by atoms with E-state index in [1.165, 1.54) is 17.0 Å². The van der Waals surface area contributed by atoms with Crippen molar-refractivity contribution in [1.82, 2.24) is 9.88 Å². The van der Waals surface area contributed by atoms with E-state index in [0.717, 1.165) is 41.4 Å². The van der Waals surface area contributed by atoms with Crippen LogP contribution < -0.4 is 0 Å². The first kappa shape index (κ1) is 20.0. The molecule has 30 heavy (non-hydrogen) atoms. The fourth-order valence-electron chi connectivity index (χ4n) is 3.97. The summed E-state index contributed by atoms with van der Waals surface area (Å²) in [4.78, 5) is 31.8. The molecule has 1 aliphatic carbocycles. The Morgan fingerprint density at radius 3 is 2.77 bits per heavy atom. The second-order valence-electron chi connectivity index (χ2n) is 7.40. The van der Waals surface area contributed by atoms with Crippen molar-refractivity contribution >= 4 is 22.8 Å². The molecular weight excluding hydrogens is 383 g/mol. The Labute approximate surface area is 174 Å². The molecule has 0 N–H and O–H groups in total. The van der Waals surface area contributed by atoms with E-state index in [9.17, 15) is 14.0 Å². The molecule has 1 aromatic heterocycles. The topological polar surface area (TPSA) is 59.5 Å². The largest absolute Gasteiger partial charge is 0.452 e. The predicted molar refractivity (Wildman–Crippen MR) is 112 cm³/mol. The number of para-hydroxylation sites is 1. The van der Waals surface area contributed by atoms with Crippen LogP contribution in [0.1, 0.15) is 40.5 Å². The number of rotatable bonds is 6. The van der Waals surface area contributed by atoms with Gasteiger partial charge in [0.25, 0.3) is 5.91 Å². The summed E-state index contributed by atoms with van der Waals surface area (Å²) in [5.74, 6) is -1.16. The average Bonchev–Trinajstić information content (AvgIpc) is 3.21. The number of aryl methyl sites for hydroxylation is 1. The van der Waals surface area contributed by atoms with Crippen LogP contribution in [-0.4, -0.2) is 34.9 Å². The van der Waals surface area contributed by atoms with Crippen molar-refractivity contribution in [3.8, 4) is 0 Å². The molecule has 3 aromatic rings. The number of ether oxygens (including phenoxy) is 1. The summed E-state index contributed by atoms with van der Waals surface area (Å²) in [6.07, 6.45) is 2.58. The normalized spacial score (nSPS) is 12.6. The molecule has 0 saturated carbocycles. The Bertz CT molecular complexity index is 1110. The van der Waals surface area contributed by atoms with E-state index in [4.69, 9.17) is 4.74 Å². The molecular formula is C24H23FN2O3. The van der Waals surface area contributed by atoms with E-state index < -0.39 is 5.97 Å². The lowest BCUT2D eigenvalue weighted by atomic mass is 10.0. The molecule has 0 atom stereocenters. The Hall–Kier alpha value is -3.28. The fraction of sp³-hybridized carbons (Fsp3) is 0.292. The first-order valence-electron chi connectivity index (χ1n) is 10.2. The fourth-order valence-corrected chi connectivity index (χ4v) is 3.97. The molecule has 0 spiro atoms. The summed E-state index contributed by atoms with van der Waals surface area (Å²) < 4.78 is 18.9. The Morgan fingerprint density at radius 1 is 1.13 bits per heavy atom. The van der Waals surface area contributed by atoms with Crippen LogP contribution in [0.4, 0.5) is 4.39 Å². The highest BCUT2D eigenvalue weighted by Gasteiger charge is 2.25. The summed E-state index contributed by atoms with van der Waals surface area (Å²) in [6, 6.07) is 13.6. The van der Waals surface area contributed by atoms with Crippen molar-refractivity contribution in [2.45, 2.75) is 32.7 Å². The van der Waals surface area contributed by atoms with Crippen LogP contribution in [-0.2, 0) is 28.9 Å². The SMILES string of the molecule is CCN(Cc1cccc(F)c1)C(=O)COC(=O)c1c2c(nc3ccccc13)CCC2. The van der Waals surface area contributed by atoms with Crippen molar-refractivity contribution in [3.63, 3.8) is 0 Å². The Kier molecular flexibility index (Phi) is 5.74. The summed E-state index contributed by atoms with van der Waals surface area (Å²) in [5, 5.41) is 0.753. The van der Waals surface area contributed by atoms with E-state index in [1.54, 1.807) is 12.1 Å². The molecule has 0 saturated heterocycles. The van der Waals surface area contributed by atoms with E-state index >= 15 is 0 Å². The number of carbonyl (C=O) groups excluding carboxylic acids is 2. The van der Waals surface area contributed by atoms with Crippen molar-refractivity contribution in [1.29, 1.82) is 0 Å². The van der Waals surface area contributed by atoms with Gasteiger partial charge in [0.15, 0.2) is 6.61 Å². The summed E-state index contributed by atoms with van der Waals surface area (Å²) in [6.45, 7) is 2.17. The zero-order valence-corrected chi connectivity index (χ0v) is 16.9. The molecule has 5 nitrogen and oxygen atoms in total. The highest BCUT2D eigenvalue weighted by Crippen LogP contribution is 2.30. The van der Waals surface area contributed by atoms with Crippen molar-refractivity contribution in [2.24, 2.45) is 0 Å². The minimum absolute atomic E-state index is 0.262. The van der Waals surface area contributed by atoms with Gasteiger partial charge in [-0.25, -0.2) is 9.18 Å². The van der Waals surface area contributed by atoms with Gasteiger partial charge < -0.3 is 9.64 Å². The number of amides is 1. The third-order valence-electron chi connectivity index (χ3n) is 5.45. The second kappa shape index (κ2) is 8.61. The van der Waals surface area contributed by atoms with Gasteiger partial charge in [-0.1, -0.05) is 30.3 Å². The number of hydrogen-bond donors (Lipinski definition) is 0. The van der Waals surface area contributed by atoms with Crippen LogP contribution in [0, 0.1) is 5.82 Å². The molecule has 2 aromatic carbocycles. The van der Waals surface area contributed by atoms with Crippen molar-refractivity contribution in [3.05, 3.63) is 76.7 Å². The van der Waals surface area contributed by atoms with Crippen LogP contribution in [0.25, 0.3) is 10.9 Å². The molecule has 6 heteroatoms. The van der Waals surface area contributed by atoms with Gasteiger partial charge in [0.05, 0.1) is 11.1 Å². The zero-order valence-electron chi connectivity index (χ0n) is 16.9. The molecule has 0 aliphatic heterocycles. The molecule has 1 aliphatic rings. The summed E-state index contributed by atoms with van der Waals surface area (Å²) >= 11 is 0. The minimum atomic E-state index is -0.498. The highest BCUT2D eigenvalue weighted by atomic mass is 19.1. The molecule has 4 rings (SSSR count). The van der Waals surface area contributed by atoms with Gasteiger partial charge in [-0.05, 0) is 55.5 Å². The lowest BCUT2D eigenvalue weighted by Gasteiger charge is -2.21. The van der Waals surface area contributed by atoms with E-state index in [0.29, 0.717) is 17.7 Å². The van der Waals surface area contributed by atoms with Crippen LogP contribution >= 0.6 is 0 Å². The van der Waals surface area contributed by atoms with Gasteiger partial charge in [-0.3, -0.25) is 9.78 Å². The van der Waals surface area contributed by atoms with E-state index in [2.05, 4.69) is 4.98 Å². The van der Waals surface area contributed by atoms with E-state index in [-0.39, 0.29) is 24.9 Å². The molecule has 0 fully saturated rings. The number of hydrogen-bond acceptors (Lipinski definition) is 4. The number of likely N-dealkylation sites (N-methyl/N-ethyl adjacent to an activating group) is 1. The monoisotopic (exact) mass is 406 g/mol. The van der Waals surface area contributed by atoms with Gasteiger partial charge in [0.1, 0.15) is 5.82 Å². The highest BCUT2D eigenvalue weighted by molar-refractivity contribution is 6.05. The van der Waals surface area contributed by atoms with Crippen LogP contribution in [0.5, 0.6) is 0 Å². The number of esters is 1. The lowest BCUT2D eigenvalue weighted by Crippen LogP contribution is -2.34. The second-order valence-corrected chi connectivity index (χ2v) is 7.40. The van der Waals surface area contributed by atoms with Gasteiger partial charge >= 0.3 is 5.97 Å². The Balaban J connectivity index is 1.50. The van der Waals surface area contributed by atoms with Gasteiger partial charge in [-0.15, -0.1) is 0 Å². The Morgan fingerprint density at radius 2 is 1.97 bits per heavy atom. The van der Waals surface area contributed by atoms with Gasteiger partial charge in [0, 0.05) is 24.2 Å². The molecule has 0 radical (unpaired) electrons. The van der Waals surface area contributed by atoms with Crippen LogP contribution in [0.3, 0.4) is 0 Å². The average molecular weight is 406 g/mol. The standard InChI is InChI=1S/C24H23FN2O3/c1-2-27(14-16-7-5-8-17(25)13-16)22(28)15-30-24(29)23-18-9-3-4-11-20(18)26-21-12-6-10-19(21)23/h3-5,7-9,11,13H,2,6,10,12,14-15H2,1H3. The van der Waals surface area contributed by atoms with Crippen molar-refractivity contribution < 1.29 is 18.7 Å². The molecule has 154 valence electrons. The number of nitrogens with zero attached hydrogens (tertiary/aromatic N) is 2. The van der Waals surface area contributed by atoms with Crippen LogP contribution in [0.2, 0.25) is 0 Å². The smallest absolute Gasteiger partial charge is 0.339 e. The maximum atomic E-state index is 13.4. The summed E-state index contributed by atoms with van der Waals surface area (Å²) in [5.41, 5.74) is 3.84. The first-order valence-corrected chi connectivity index (χ1v) is 10.2. The minimum Gasteiger partial charge on any atom is -0.452 e. The lowest BCUT2D eigenvalue weighted by molar-refractivity contribution is -0.134. The number of halogens is 1. The first-order chi connectivity index (χ1) is 14.6. The third kappa shape index (κ3) is 4.03. The number of fused-ring (bicyclic) bond motifs is 2. The maximum absolute atomic E-state index is 13.4. The number of benzene rings is 2. The molecule has 0 bridgehead atoms. The van der Waals surface area contributed by atoms with Crippen LogP contribution in [0.15, 0.2) is 48.5 Å². The molecule has 1 amide bonds. The number of pyridine rings is 1. The quantitative estimate of drug-likeness (QED) is 0.579. The number of aromatic nitrogens is 1. The van der Waals surface area contributed by atoms with Crippen molar-refractivity contribution in [2.75, 3.05) is 13.2 Å². The van der Waals surface area contributed by atoms with Gasteiger partial charge in [-0.2, -0.15) is 0 Å². The molecule has 1 heterocycles. The maximum Gasteiger partial charge on any atom is 0.339 e. The van der Waals surface area contributed by atoms with Gasteiger partial charge in [0.2, 0.25) is 0 Å². The van der Waals surface area contributed by atoms with E-state index in [1.807, 2.05) is 31.2 Å². The number of carbonyl (C=O) groups is 2. The molecule has 0 unspecified atom stereocenters. The predicted octanol–water partition coefficient (Wildman–Crippen LogP) is 4.07. The zero-order chi connectivity index (χ0) is 21.1.